The number of carboxylic acid groups (broad SMARTS) is 1. The minimum absolute atomic E-state index is 0.0919. The average molecular weight is 463 g/mol. The Morgan fingerprint density at radius 2 is 1.85 bits per heavy atom. The predicted octanol–water partition coefficient (Wildman–Crippen LogP) is 3.11. The molecule has 3 rings (SSSR count). The molecule has 1 amide bonds. The summed E-state index contributed by atoms with van der Waals surface area (Å²) in [6.07, 6.45) is 8.91. The molecular weight excluding hydrogens is 424 g/mol. The number of aliphatic carboxylic acids is 1. The first-order valence-corrected chi connectivity index (χ1v) is 11.8. The minimum atomic E-state index is -0.834. The van der Waals surface area contributed by atoms with Crippen molar-refractivity contribution >= 4 is 12.4 Å². The second-order valence-electron chi connectivity index (χ2n) is 8.47. The highest BCUT2D eigenvalue weighted by molar-refractivity contribution is 5.73. The first-order chi connectivity index (χ1) is 16.0. The number of rotatable bonds is 11. The van der Waals surface area contributed by atoms with E-state index in [4.69, 9.17) is 14.6 Å². The molecule has 1 saturated heterocycles. The maximum atomic E-state index is 11.8. The number of likely N-dealkylation sites (tertiary alicyclic amines) is 1. The van der Waals surface area contributed by atoms with E-state index in [-0.39, 0.29) is 25.4 Å². The fourth-order valence-electron chi connectivity index (χ4n) is 4.24. The van der Waals surface area contributed by atoms with Gasteiger partial charge >= 0.3 is 5.97 Å². The van der Waals surface area contributed by atoms with Gasteiger partial charge in [0, 0.05) is 31.6 Å². The maximum absolute atomic E-state index is 11.8. The van der Waals surface area contributed by atoms with Crippen molar-refractivity contribution in [2.75, 3.05) is 40.1 Å². The van der Waals surface area contributed by atoms with Crippen LogP contribution in [0.1, 0.15) is 51.0 Å². The van der Waals surface area contributed by atoms with E-state index in [0.717, 1.165) is 50.7 Å². The molecule has 0 radical (unpaired) electrons. The number of carboxylic acids is 1. The van der Waals surface area contributed by atoms with Crippen molar-refractivity contribution in [2.45, 2.75) is 51.5 Å². The van der Waals surface area contributed by atoms with Gasteiger partial charge in [0.1, 0.15) is 0 Å². The van der Waals surface area contributed by atoms with E-state index >= 15 is 0 Å². The number of unbranched alkanes of at least 4 members (excludes halogenated alkanes) is 2. The smallest absolute Gasteiger partial charge is 0.309 e. The van der Waals surface area contributed by atoms with Gasteiger partial charge in [-0.05, 0) is 37.6 Å². The normalized spacial score (nSPS) is 21.6. The number of aliphatic hydroxyl groups is 1. The number of fused-ring (bicyclic) bond motifs is 1. The number of hydrogen-bond acceptors (Lipinski definition) is 6. The average Bonchev–Trinajstić information content (AvgIpc) is 3.41. The van der Waals surface area contributed by atoms with Gasteiger partial charge in [0.25, 0.3) is 0 Å². The zero-order valence-electron chi connectivity index (χ0n) is 20.0. The summed E-state index contributed by atoms with van der Waals surface area (Å²) >= 11 is 0. The second-order valence-corrected chi connectivity index (χ2v) is 8.47. The third kappa shape index (κ3) is 7.47. The number of ether oxygens (including phenoxy) is 2. The SMILES string of the molecule is CCCCN(C=O)CCCC.CN1CC(c2ccc3c(c2)OCO3)C(C(=O)O)C1C=CCO. The summed E-state index contributed by atoms with van der Waals surface area (Å²) in [5, 5.41) is 18.6. The van der Waals surface area contributed by atoms with Crippen molar-refractivity contribution in [1.82, 2.24) is 9.80 Å². The van der Waals surface area contributed by atoms with E-state index in [0.29, 0.717) is 18.0 Å². The van der Waals surface area contributed by atoms with Gasteiger partial charge in [-0.3, -0.25) is 14.5 Å². The molecule has 1 fully saturated rings. The van der Waals surface area contributed by atoms with E-state index in [2.05, 4.69) is 13.8 Å². The summed E-state index contributed by atoms with van der Waals surface area (Å²) in [5.74, 6) is -0.171. The van der Waals surface area contributed by atoms with Crippen molar-refractivity contribution < 1.29 is 29.3 Å². The van der Waals surface area contributed by atoms with Crippen LogP contribution in [0.3, 0.4) is 0 Å². The number of aliphatic hydroxyl groups excluding tert-OH is 1. The largest absolute Gasteiger partial charge is 0.481 e. The number of nitrogens with zero attached hydrogens (tertiary/aromatic N) is 2. The highest BCUT2D eigenvalue weighted by Gasteiger charge is 2.44. The summed E-state index contributed by atoms with van der Waals surface area (Å²) < 4.78 is 10.7. The van der Waals surface area contributed by atoms with E-state index in [9.17, 15) is 14.7 Å². The summed E-state index contributed by atoms with van der Waals surface area (Å²) in [5.41, 5.74) is 0.934. The van der Waals surface area contributed by atoms with Gasteiger partial charge in [0.2, 0.25) is 13.2 Å². The van der Waals surface area contributed by atoms with E-state index < -0.39 is 11.9 Å². The Hall–Kier alpha value is -2.58. The lowest BCUT2D eigenvalue weighted by molar-refractivity contribution is -0.142. The van der Waals surface area contributed by atoms with Gasteiger partial charge in [-0.25, -0.2) is 0 Å². The molecular formula is C25H38N2O6. The lowest BCUT2D eigenvalue weighted by Gasteiger charge is -2.20. The van der Waals surface area contributed by atoms with E-state index in [1.54, 1.807) is 12.2 Å². The van der Waals surface area contributed by atoms with Crippen LogP contribution in [0.4, 0.5) is 0 Å². The molecule has 184 valence electrons. The van der Waals surface area contributed by atoms with E-state index in [1.165, 1.54) is 0 Å². The van der Waals surface area contributed by atoms with Crippen LogP contribution in [0.5, 0.6) is 11.5 Å². The fourth-order valence-corrected chi connectivity index (χ4v) is 4.24. The van der Waals surface area contributed by atoms with Crippen LogP contribution in [-0.4, -0.2) is 78.5 Å². The van der Waals surface area contributed by atoms with Gasteiger partial charge in [0.05, 0.1) is 12.5 Å². The molecule has 8 heteroatoms. The number of hydrogen-bond donors (Lipinski definition) is 2. The van der Waals surface area contributed by atoms with Crippen molar-refractivity contribution in [3.63, 3.8) is 0 Å². The lowest BCUT2D eigenvalue weighted by atomic mass is 9.85. The zero-order valence-corrected chi connectivity index (χ0v) is 20.0. The quantitative estimate of drug-likeness (QED) is 0.385. The van der Waals surface area contributed by atoms with Gasteiger partial charge < -0.3 is 24.6 Å². The van der Waals surface area contributed by atoms with Crippen LogP contribution in [0.2, 0.25) is 0 Å². The Morgan fingerprint density at radius 3 is 2.42 bits per heavy atom. The molecule has 2 N–H and O–H groups in total. The van der Waals surface area contributed by atoms with Gasteiger partial charge in [-0.15, -0.1) is 0 Å². The van der Waals surface area contributed by atoms with Crippen LogP contribution in [0, 0.1) is 5.92 Å². The Labute approximate surface area is 196 Å². The van der Waals surface area contributed by atoms with Gasteiger partial charge in [-0.1, -0.05) is 44.9 Å². The number of amides is 1. The monoisotopic (exact) mass is 462 g/mol. The molecule has 0 aromatic heterocycles. The molecule has 0 bridgehead atoms. The molecule has 3 unspecified atom stereocenters. The Morgan fingerprint density at radius 1 is 1.18 bits per heavy atom. The van der Waals surface area contributed by atoms with Gasteiger partial charge in [-0.2, -0.15) is 0 Å². The third-order valence-corrected chi connectivity index (χ3v) is 6.09. The van der Waals surface area contributed by atoms with Crippen molar-refractivity contribution in [3.05, 3.63) is 35.9 Å². The molecule has 8 nitrogen and oxygen atoms in total. The molecule has 1 aromatic rings. The number of likely N-dealkylation sites (N-methyl/N-ethyl adjacent to an activating group) is 1. The first-order valence-electron chi connectivity index (χ1n) is 11.8. The number of carbonyl (C=O) groups excluding carboxylic acids is 1. The summed E-state index contributed by atoms with van der Waals surface area (Å²) in [6, 6.07) is 5.36. The molecule has 2 heterocycles. The molecule has 0 spiro atoms. The van der Waals surface area contributed by atoms with Crippen LogP contribution in [0.15, 0.2) is 30.4 Å². The number of carbonyl (C=O) groups is 2. The van der Waals surface area contributed by atoms with Crippen LogP contribution in [-0.2, 0) is 9.59 Å². The Balaban J connectivity index is 0.000000299. The Bertz CT molecular complexity index is 776. The molecule has 1 aromatic carbocycles. The molecule has 2 aliphatic heterocycles. The topological polar surface area (TPSA) is 99.5 Å². The lowest BCUT2D eigenvalue weighted by Crippen LogP contribution is -2.32. The molecule has 3 atom stereocenters. The fraction of sp³-hybridized carbons (Fsp3) is 0.600. The molecule has 0 saturated carbocycles. The maximum Gasteiger partial charge on any atom is 0.309 e. The highest BCUT2D eigenvalue weighted by atomic mass is 16.7. The van der Waals surface area contributed by atoms with E-state index in [1.807, 2.05) is 35.0 Å². The van der Waals surface area contributed by atoms with Crippen molar-refractivity contribution in [3.8, 4) is 11.5 Å². The molecule has 0 aliphatic carbocycles. The minimum Gasteiger partial charge on any atom is -0.481 e. The highest BCUT2D eigenvalue weighted by Crippen LogP contribution is 2.41. The standard InChI is InChI=1S/C16H19NO5.C9H19NO/c1-17-8-11(15(16(19)20)12(17)3-2-6-18)10-4-5-13-14(7-10)22-9-21-13;1-3-5-7-10(9-11)8-6-4-2/h2-5,7,11-12,15,18H,6,8-9H2,1H3,(H,19,20);9H,3-8H2,1-2H3. The summed E-state index contributed by atoms with van der Waals surface area (Å²) in [6.45, 7) is 6.89. The van der Waals surface area contributed by atoms with Crippen LogP contribution >= 0.6 is 0 Å². The van der Waals surface area contributed by atoms with Crippen LogP contribution < -0.4 is 9.47 Å². The third-order valence-electron chi connectivity index (χ3n) is 6.09. The molecule has 33 heavy (non-hydrogen) atoms. The number of benzene rings is 1. The second kappa shape index (κ2) is 13.9. The summed E-state index contributed by atoms with van der Waals surface area (Å²) in [4.78, 5) is 26.1. The Kier molecular flexibility index (Phi) is 11.2. The van der Waals surface area contributed by atoms with Crippen molar-refractivity contribution in [1.29, 1.82) is 0 Å². The van der Waals surface area contributed by atoms with Gasteiger partial charge in [0.15, 0.2) is 11.5 Å². The van der Waals surface area contributed by atoms with Crippen molar-refractivity contribution in [2.24, 2.45) is 5.92 Å². The zero-order chi connectivity index (χ0) is 24.2. The predicted molar refractivity (Wildman–Crippen MR) is 127 cm³/mol. The summed E-state index contributed by atoms with van der Waals surface area (Å²) in [7, 11) is 1.90. The molecule has 2 aliphatic rings. The van der Waals surface area contributed by atoms with Crippen LogP contribution in [0.25, 0.3) is 0 Å². The first kappa shape index (κ1) is 26.7.